The van der Waals surface area contributed by atoms with Crippen LogP contribution >= 0.6 is 0 Å². The van der Waals surface area contributed by atoms with E-state index in [1.165, 1.54) is 128 Å². The van der Waals surface area contributed by atoms with Gasteiger partial charge in [-0.3, -0.25) is 0 Å². The molecular formula is C90H78N2. The Morgan fingerprint density at radius 1 is 0.228 bits per heavy atom. The molecule has 448 valence electrons. The van der Waals surface area contributed by atoms with Gasteiger partial charge >= 0.3 is 0 Å². The van der Waals surface area contributed by atoms with Crippen LogP contribution in [0.4, 0.5) is 34.1 Å². The van der Waals surface area contributed by atoms with E-state index in [1.807, 2.05) is 0 Å². The molecule has 0 saturated carbocycles. The molecule has 1 atom stereocenters. The highest BCUT2D eigenvalue weighted by Crippen LogP contribution is 2.59. The van der Waals surface area contributed by atoms with Crippen molar-refractivity contribution in [2.45, 2.75) is 115 Å². The zero-order chi connectivity index (χ0) is 63.0. The quantitative estimate of drug-likeness (QED) is 0.142. The Kier molecular flexibility index (Phi) is 12.0. The maximum atomic E-state index is 2.56. The summed E-state index contributed by atoms with van der Waals surface area (Å²) in [6, 6.07) is 100. The van der Waals surface area contributed by atoms with E-state index in [4.69, 9.17) is 0 Å². The summed E-state index contributed by atoms with van der Waals surface area (Å²) < 4.78 is 0. The molecule has 5 aliphatic carbocycles. The molecule has 92 heavy (non-hydrogen) atoms. The number of para-hydroxylation sites is 2. The van der Waals surface area contributed by atoms with Gasteiger partial charge in [0, 0.05) is 61.0 Å². The van der Waals surface area contributed by atoms with Crippen LogP contribution in [0.3, 0.4) is 0 Å². The van der Waals surface area contributed by atoms with Crippen LogP contribution in [0.5, 0.6) is 0 Å². The molecule has 0 bridgehead atoms. The molecule has 5 aliphatic rings. The highest BCUT2D eigenvalue weighted by atomic mass is 15.2. The van der Waals surface area contributed by atoms with Gasteiger partial charge in [-0.05, 0) is 195 Å². The zero-order valence-corrected chi connectivity index (χ0v) is 54.9. The lowest BCUT2D eigenvalue weighted by molar-refractivity contribution is 0.425. The molecule has 0 heterocycles. The van der Waals surface area contributed by atoms with Crippen LogP contribution in [-0.4, -0.2) is 0 Å². The summed E-state index contributed by atoms with van der Waals surface area (Å²) in [7, 11) is 0. The second kappa shape index (κ2) is 19.6. The monoisotopic (exact) mass is 1190 g/mol. The first kappa shape index (κ1) is 56.2. The van der Waals surface area contributed by atoms with E-state index < -0.39 is 0 Å². The van der Waals surface area contributed by atoms with E-state index in [0.29, 0.717) is 0 Å². The summed E-state index contributed by atoms with van der Waals surface area (Å²) in [5, 5.41) is 0. The Bertz CT molecular complexity index is 4870. The summed E-state index contributed by atoms with van der Waals surface area (Å²) in [6.07, 6.45) is 0.994. The average Bonchev–Trinajstić information content (AvgIpc) is 1.56. The number of hydrogen-bond acceptors (Lipinski definition) is 2. The summed E-state index contributed by atoms with van der Waals surface area (Å²) in [6.45, 7) is 26.5. The number of anilines is 6. The van der Waals surface area contributed by atoms with Gasteiger partial charge in [0.1, 0.15) is 0 Å². The minimum Gasteiger partial charge on any atom is -0.310 e. The van der Waals surface area contributed by atoms with Crippen molar-refractivity contribution < 1.29 is 0 Å². The van der Waals surface area contributed by atoms with Gasteiger partial charge < -0.3 is 9.80 Å². The van der Waals surface area contributed by atoms with Gasteiger partial charge in [0.15, 0.2) is 0 Å². The normalized spacial score (nSPS) is 17.7. The number of nitrogens with zero attached hydrogens (tertiary/aromatic N) is 2. The highest BCUT2D eigenvalue weighted by molar-refractivity contribution is 5.95. The molecular weight excluding hydrogens is 1110 g/mol. The van der Waals surface area contributed by atoms with Crippen LogP contribution in [0.1, 0.15) is 144 Å². The van der Waals surface area contributed by atoms with Crippen LogP contribution in [-0.2, 0) is 32.5 Å². The molecule has 0 aliphatic heterocycles. The minimum atomic E-state index is -0.266. The van der Waals surface area contributed by atoms with E-state index in [-0.39, 0.29) is 32.5 Å². The molecule has 0 radical (unpaired) electrons. The molecule has 17 rings (SSSR count). The van der Waals surface area contributed by atoms with Gasteiger partial charge in [-0.2, -0.15) is 0 Å². The third-order valence-electron chi connectivity index (χ3n) is 22.9. The first-order chi connectivity index (χ1) is 44.2. The molecule has 0 amide bonds. The fourth-order valence-electron chi connectivity index (χ4n) is 18.1. The Hall–Kier alpha value is -9.76. The molecule has 12 aromatic rings. The molecule has 0 spiro atoms. The molecule has 0 aromatic heterocycles. The van der Waals surface area contributed by atoms with Crippen molar-refractivity contribution >= 4 is 34.1 Å². The van der Waals surface area contributed by atoms with Crippen molar-refractivity contribution in [1.82, 2.24) is 0 Å². The smallest absolute Gasteiger partial charge is 0.0540 e. The maximum absolute atomic E-state index is 2.56. The van der Waals surface area contributed by atoms with Gasteiger partial charge in [0.2, 0.25) is 0 Å². The summed E-state index contributed by atoms with van der Waals surface area (Å²) in [5.74, 6) is 0. The molecule has 1 unspecified atom stereocenters. The standard InChI is InChI=1S/C90H78N2/c1-85(2)55-90(11,58-39-36-56(37-40-58)63-24-16-22-34-83(63)91(59-41-45-69-65-26-12-18-30-73(65)86(3,4)78(69)51-59)60-42-46-70-66-27-13-19-31-74(66)87(5,6)79(70)52-60)82-50-57(38-49-77(82)85)64-25-17-23-35-84(64)92(61-43-47-71-67-28-14-20-32-75(67)88(7,8)80(71)53-61)62-44-48-72-68-29-15-21-33-76(68)89(9,10)81(72)54-62/h12-54H,55H2,1-11H3. The van der Waals surface area contributed by atoms with Crippen LogP contribution in [0, 0.1) is 0 Å². The first-order valence-electron chi connectivity index (χ1n) is 33.3. The Labute approximate surface area is 544 Å². The molecule has 0 N–H and O–H groups in total. The summed E-state index contributed by atoms with van der Waals surface area (Å²) in [4.78, 5) is 5.09. The predicted molar refractivity (Wildman–Crippen MR) is 387 cm³/mol. The first-order valence-corrected chi connectivity index (χ1v) is 33.3. The second-order valence-electron chi connectivity index (χ2n) is 30.0. The number of benzene rings is 12. The lowest BCUT2D eigenvalue weighted by atomic mass is 9.74. The topological polar surface area (TPSA) is 6.48 Å². The van der Waals surface area contributed by atoms with Crippen molar-refractivity contribution in [3.63, 3.8) is 0 Å². The molecule has 0 fully saturated rings. The second-order valence-corrected chi connectivity index (χ2v) is 30.0. The summed E-state index contributed by atoms with van der Waals surface area (Å²) in [5.41, 5.74) is 36.6. The zero-order valence-electron chi connectivity index (χ0n) is 54.9. The van der Waals surface area contributed by atoms with E-state index >= 15 is 0 Å². The number of hydrogen-bond donors (Lipinski definition) is 0. The number of rotatable bonds is 9. The molecule has 12 aromatic carbocycles. The van der Waals surface area contributed by atoms with Crippen LogP contribution in [0.25, 0.3) is 66.8 Å². The highest BCUT2D eigenvalue weighted by Gasteiger charge is 2.47. The molecule has 2 heteroatoms. The van der Waals surface area contributed by atoms with Gasteiger partial charge in [0.05, 0.1) is 11.4 Å². The third-order valence-corrected chi connectivity index (χ3v) is 22.9. The van der Waals surface area contributed by atoms with E-state index in [9.17, 15) is 0 Å². The van der Waals surface area contributed by atoms with Gasteiger partial charge in [-0.25, -0.2) is 0 Å². The lowest BCUT2D eigenvalue weighted by Crippen LogP contribution is -2.23. The van der Waals surface area contributed by atoms with E-state index in [0.717, 1.165) is 40.5 Å². The lowest BCUT2D eigenvalue weighted by Gasteiger charge is -2.32. The van der Waals surface area contributed by atoms with E-state index in [1.54, 1.807) is 0 Å². The Morgan fingerprint density at radius 2 is 0.522 bits per heavy atom. The van der Waals surface area contributed by atoms with Crippen molar-refractivity contribution in [3.8, 4) is 66.8 Å². The fraction of sp³-hybridized carbons (Fsp3) is 0.200. The van der Waals surface area contributed by atoms with Crippen LogP contribution in [0.15, 0.2) is 261 Å². The fourth-order valence-corrected chi connectivity index (χ4v) is 18.1. The van der Waals surface area contributed by atoms with Crippen LogP contribution in [0.2, 0.25) is 0 Å². The van der Waals surface area contributed by atoms with Gasteiger partial charge in [-0.1, -0.05) is 270 Å². The van der Waals surface area contributed by atoms with Crippen LogP contribution < -0.4 is 9.80 Å². The van der Waals surface area contributed by atoms with Crippen molar-refractivity contribution in [1.29, 1.82) is 0 Å². The maximum Gasteiger partial charge on any atom is 0.0540 e. The average molecular weight is 1190 g/mol. The van der Waals surface area contributed by atoms with Crippen molar-refractivity contribution in [3.05, 3.63) is 322 Å². The van der Waals surface area contributed by atoms with Crippen molar-refractivity contribution in [2.75, 3.05) is 9.80 Å². The van der Waals surface area contributed by atoms with Gasteiger partial charge in [-0.15, -0.1) is 0 Å². The largest absolute Gasteiger partial charge is 0.310 e. The molecule has 2 nitrogen and oxygen atoms in total. The third kappa shape index (κ3) is 7.98. The Morgan fingerprint density at radius 3 is 0.880 bits per heavy atom. The summed E-state index contributed by atoms with van der Waals surface area (Å²) >= 11 is 0. The van der Waals surface area contributed by atoms with Crippen molar-refractivity contribution in [2.24, 2.45) is 0 Å². The Balaban J connectivity index is 0.770. The van der Waals surface area contributed by atoms with E-state index in [2.05, 4.69) is 347 Å². The minimum absolute atomic E-state index is 0.0544. The molecule has 0 saturated heterocycles. The predicted octanol–water partition coefficient (Wildman–Crippen LogP) is 24.2. The number of fused-ring (bicyclic) bond motifs is 13. The van der Waals surface area contributed by atoms with Gasteiger partial charge in [0.25, 0.3) is 0 Å². The SMILES string of the molecule is CC1(C)CC(C)(c2ccc(-c3ccccc3N(c3ccc4c(c3)C(C)(C)c3ccccc3-4)c3ccc4c(c3)C(C)(C)c3ccccc3-4)cc2)c2cc(-c3ccccc3N(c3ccc4c(c3)C(C)(C)c3ccccc3-4)c3ccc4c(c3)C(C)(C)c3ccccc3-4)ccc21.